The van der Waals surface area contributed by atoms with Gasteiger partial charge in [-0.15, -0.1) is 0 Å². The van der Waals surface area contributed by atoms with E-state index in [4.69, 9.17) is 16.6 Å². The number of carbonyl (C=O) groups excluding carboxylic acids is 4. The maximum Gasteiger partial charge on any atom is 0.326 e. The molecule has 37 heavy (non-hydrogen) atoms. The van der Waals surface area contributed by atoms with Crippen LogP contribution in [-0.2, 0) is 35.2 Å². The van der Waals surface area contributed by atoms with Crippen molar-refractivity contribution in [1.82, 2.24) is 15.5 Å². The molecule has 4 unspecified atom stereocenters. The van der Waals surface area contributed by atoms with Crippen molar-refractivity contribution >= 4 is 35.6 Å². The van der Waals surface area contributed by atoms with Crippen molar-refractivity contribution in [2.24, 2.45) is 11.5 Å². The van der Waals surface area contributed by atoms with E-state index in [-0.39, 0.29) is 38.6 Å². The number of carboxylic acids is 2. The third-order valence-electron chi connectivity index (χ3n) is 6.04. The number of nitrogens with two attached hydrogens (primary N) is 2. The summed E-state index contributed by atoms with van der Waals surface area (Å²) in [5.74, 6) is -5.17. The van der Waals surface area contributed by atoms with Crippen LogP contribution in [0.2, 0.25) is 0 Å². The standard InChI is InChI=1S/C24H33N5O8/c25-15(8-10-19(26)30)21(33)27-16(9-11-20(31)32)23(35)29-12-4-7-18(29)22(34)28-17(24(36)37)13-14-5-2-1-3-6-14/h1-3,5-6,15-18H,4,7-13,25H2,(H2,26,30)(H,27,33)(H,28,34)(H,31,32)(H,36,37). The van der Waals surface area contributed by atoms with Gasteiger partial charge in [0.05, 0.1) is 6.04 Å². The molecule has 0 radical (unpaired) electrons. The van der Waals surface area contributed by atoms with Gasteiger partial charge in [0.1, 0.15) is 18.1 Å². The van der Waals surface area contributed by atoms with Crippen LogP contribution in [0.25, 0.3) is 0 Å². The minimum absolute atomic E-state index is 0.0447. The third-order valence-corrected chi connectivity index (χ3v) is 6.04. The van der Waals surface area contributed by atoms with Gasteiger partial charge in [-0.3, -0.25) is 24.0 Å². The van der Waals surface area contributed by atoms with Crippen molar-refractivity contribution in [3.05, 3.63) is 35.9 Å². The Balaban J connectivity index is 2.12. The first-order valence-electron chi connectivity index (χ1n) is 11.9. The van der Waals surface area contributed by atoms with Crippen molar-refractivity contribution in [1.29, 1.82) is 0 Å². The fraction of sp³-hybridized carbons (Fsp3) is 0.500. The first-order chi connectivity index (χ1) is 17.5. The Hall–Kier alpha value is -4.00. The van der Waals surface area contributed by atoms with Crippen LogP contribution in [0.4, 0.5) is 0 Å². The number of likely N-dealkylation sites (tertiary alicyclic amines) is 1. The van der Waals surface area contributed by atoms with E-state index in [0.29, 0.717) is 12.0 Å². The Bertz CT molecular complexity index is 1000. The van der Waals surface area contributed by atoms with Crippen LogP contribution in [-0.4, -0.2) is 81.4 Å². The van der Waals surface area contributed by atoms with E-state index < -0.39 is 66.2 Å². The number of hydrogen-bond acceptors (Lipinski definition) is 7. The van der Waals surface area contributed by atoms with E-state index in [0.717, 1.165) is 0 Å². The van der Waals surface area contributed by atoms with Crippen LogP contribution in [0, 0.1) is 0 Å². The molecule has 1 aromatic rings. The average molecular weight is 520 g/mol. The summed E-state index contributed by atoms with van der Waals surface area (Å²) in [7, 11) is 0. The first kappa shape index (κ1) is 29.2. The molecule has 0 bridgehead atoms. The lowest BCUT2D eigenvalue weighted by atomic mass is 10.0. The van der Waals surface area contributed by atoms with Crippen LogP contribution in [0.15, 0.2) is 30.3 Å². The minimum Gasteiger partial charge on any atom is -0.481 e. The fourth-order valence-electron chi connectivity index (χ4n) is 4.05. The molecule has 4 amide bonds. The molecule has 0 aliphatic carbocycles. The Kier molecular flexibility index (Phi) is 11.0. The van der Waals surface area contributed by atoms with Crippen molar-refractivity contribution in [3.8, 4) is 0 Å². The summed E-state index contributed by atoms with van der Waals surface area (Å²) in [5.41, 5.74) is 11.5. The van der Waals surface area contributed by atoms with Gasteiger partial charge in [-0.25, -0.2) is 4.79 Å². The molecule has 2 rings (SSSR count). The summed E-state index contributed by atoms with van der Waals surface area (Å²) >= 11 is 0. The second kappa shape index (κ2) is 13.9. The monoisotopic (exact) mass is 519 g/mol. The highest BCUT2D eigenvalue weighted by Gasteiger charge is 2.39. The molecule has 1 heterocycles. The van der Waals surface area contributed by atoms with Crippen LogP contribution in [0.3, 0.4) is 0 Å². The second-order valence-electron chi connectivity index (χ2n) is 8.88. The number of nitrogens with one attached hydrogen (secondary N) is 2. The Morgan fingerprint density at radius 2 is 1.65 bits per heavy atom. The third kappa shape index (κ3) is 9.18. The van der Waals surface area contributed by atoms with Crippen molar-refractivity contribution < 1.29 is 39.0 Å². The molecule has 202 valence electrons. The van der Waals surface area contributed by atoms with E-state index in [1.54, 1.807) is 30.3 Å². The molecule has 0 saturated carbocycles. The molecule has 13 nitrogen and oxygen atoms in total. The molecule has 13 heteroatoms. The number of primary amides is 1. The number of nitrogens with zero attached hydrogens (tertiary/aromatic N) is 1. The zero-order valence-electron chi connectivity index (χ0n) is 20.3. The Morgan fingerprint density at radius 3 is 2.24 bits per heavy atom. The van der Waals surface area contributed by atoms with Crippen LogP contribution in [0.1, 0.15) is 44.1 Å². The van der Waals surface area contributed by atoms with Gasteiger partial charge >= 0.3 is 11.9 Å². The topological polar surface area (TPSA) is 222 Å². The van der Waals surface area contributed by atoms with Crippen LogP contribution >= 0.6 is 0 Å². The first-order valence-corrected chi connectivity index (χ1v) is 11.9. The normalized spacial score (nSPS) is 17.3. The number of benzene rings is 1. The summed E-state index contributed by atoms with van der Waals surface area (Å²) < 4.78 is 0. The lowest BCUT2D eigenvalue weighted by Crippen LogP contribution is -2.57. The number of amides is 4. The molecule has 4 atom stereocenters. The Morgan fingerprint density at radius 1 is 0.973 bits per heavy atom. The maximum atomic E-state index is 13.3. The molecule has 0 aromatic heterocycles. The quantitative estimate of drug-likeness (QED) is 0.172. The molecule has 8 N–H and O–H groups in total. The number of carboxylic acid groups (broad SMARTS) is 2. The summed E-state index contributed by atoms with van der Waals surface area (Å²) in [5, 5.41) is 23.6. The maximum absolute atomic E-state index is 13.3. The van der Waals surface area contributed by atoms with E-state index in [9.17, 15) is 33.9 Å². The lowest BCUT2D eigenvalue weighted by Gasteiger charge is -2.30. The van der Waals surface area contributed by atoms with Crippen molar-refractivity contribution in [2.45, 2.75) is 69.1 Å². The molecular weight excluding hydrogens is 486 g/mol. The highest BCUT2D eigenvalue weighted by Crippen LogP contribution is 2.20. The van der Waals surface area contributed by atoms with Crippen LogP contribution < -0.4 is 22.1 Å². The average Bonchev–Trinajstić information content (AvgIpc) is 3.34. The second-order valence-corrected chi connectivity index (χ2v) is 8.88. The molecule has 1 aromatic carbocycles. The predicted molar refractivity (Wildman–Crippen MR) is 130 cm³/mol. The summed E-state index contributed by atoms with van der Waals surface area (Å²) in [6.07, 6.45) is -0.124. The predicted octanol–water partition coefficient (Wildman–Crippen LogP) is -1.27. The van der Waals surface area contributed by atoms with Crippen LogP contribution in [0.5, 0.6) is 0 Å². The summed E-state index contributed by atoms with van der Waals surface area (Å²) in [6.45, 7) is 0.167. The van der Waals surface area contributed by atoms with Gasteiger partial charge < -0.3 is 37.2 Å². The summed E-state index contributed by atoms with van der Waals surface area (Å²) in [6, 6.07) is 4.10. The van der Waals surface area contributed by atoms with Gasteiger partial charge in [0.25, 0.3) is 0 Å². The van der Waals surface area contributed by atoms with E-state index in [1.165, 1.54) is 4.90 Å². The van der Waals surface area contributed by atoms with Crippen molar-refractivity contribution in [3.63, 3.8) is 0 Å². The fourth-order valence-corrected chi connectivity index (χ4v) is 4.05. The van der Waals surface area contributed by atoms with Gasteiger partial charge in [-0.05, 0) is 31.2 Å². The Labute approximate surface area is 213 Å². The van der Waals surface area contributed by atoms with Gasteiger partial charge in [-0.2, -0.15) is 0 Å². The van der Waals surface area contributed by atoms with Gasteiger partial charge in [-0.1, -0.05) is 30.3 Å². The minimum atomic E-state index is -1.28. The molecule has 1 saturated heterocycles. The molecule has 1 aliphatic rings. The van der Waals surface area contributed by atoms with Gasteiger partial charge in [0, 0.05) is 25.8 Å². The number of carbonyl (C=O) groups is 6. The van der Waals surface area contributed by atoms with E-state index in [1.807, 2.05) is 0 Å². The van der Waals surface area contributed by atoms with E-state index >= 15 is 0 Å². The molecule has 0 spiro atoms. The zero-order chi connectivity index (χ0) is 27.5. The van der Waals surface area contributed by atoms with Gasteiger partial charge in [0.2, 0.25) is 23.6 Å². The van der Waals surface area contributed by atoms with Crippen molar-refractivity contribution in [2.75, 3.05) is 6.54 Å². The number of aliphatic carboxylic acids is 2. The molecular formula is C24H33N5O8. The number of hydrogen-bond donors (Lipinski definition) is 6. The smallest absolute Gasteiger partial charge is 0.326 e. The largest absolute Gasteiger partial charge is 0.481 e. The zero-order valence-corrected chi connectivity index (χ0v) is 20.3. The van der Waals surface area contributed by atoms with Gasteiger partial charge in [0.15, 0.2) is 0 Å². The highest BCUT2D eigenvalue weighted by atomic mass is 16.4. The number of rotatable bonds is 14. The SMILES string of the molecule is NC(=O)CCC(N)C(=O)NC(CCC(=O)O)C(=O)N1CCCC1C(=O)NC(Cc1ccccc1)C(=O)O. The molecule has 1 aliphatic heterocycles. The van der Waals surface area contributed by atoms with E-state index in [2.05, 4.69) is 10.6 Å². The molecule has 1 fully saturated rings. The lowest BCUT2D eigenvalue weighted by molar-refractivity contribution is -0.145. The summed E-state index contributed by atoms with van der Waals surface area (Å²) in [4.78, 5) is 73.9. The highest BCUT2D eigenvalue weighted by molar-refractivity contribution is 5.94.